The second-order valence-corrected chi connectivity index (χ2v) is 7.46. The first-order valence-corrected chi connectivity index (χ1v) is 8.57. The van der Waals surface area contributed by atoms with E-state index in [1.807, 2.05) is 12.1 Å². The average Bonchev–Trinajstić information content (AvgIpc) is 2.92. The van der Waals surface area contributed by atoms with Gasteiger partial charge in [-0.1, -0.05) is 18.2 Å². The highest BCUT2D eigenvalue weighted by molar-refractivity contribution is 5.97. The highest BCUT2D eigenvalue weighted by atomic mass is 16.5. The third-order valence-electron chi connectivity index (χ3n) is 3.91. The first-order valence-electron chi connectivity index (χ1n) is 8.57. The highest BCUT2D eigenvalue weighted by Crippen LogP contribution is 2.23. The van der Waals surface area contributed by atoms with Crippen LogP contribution in [0.15, 0.2) is 18.2 Å². The van der Waals surface area contributed by atoms with Gasteiger partial charge in [0.05, 0.1) is 6.42 Å². The Bertz CT molecular complexity index is 676. The van der Waals surface area contributed by atoms with Crippen molar-refractivity contribution in [2.75, 3.05) is 0 Å². The number of esters is 1. The minimum Gasteiger partial charge on any atom is -0.452 e. The van der Waals surface area contributed by atoms with Crippen LogP contribution in [-0.4, -0.2) is 29.6 Å². The lowest BCUT2D eigenvalue weighted by Crippen LogP contribution is -2.50. The number of imide groups is 1. The largest absolute Gasteiger partial charge is 0.452 e. The van der Waals surface area contributed by atoms with Crippen LogP contribution in [-0.2, 0) is 33.6 Å². The molecule has 0 saturated carbocycles. The van der Waals surface area contributed by atoms with Crippen LogP contribution in [0.5, 0.6) is 0 Å². The third-order valence-corrected chi connectivity index (χ3v) is 3.91. The molecule has 1 aromatic rings. The van der Waals surface area contributed by atoms with Gasteiger partial charge in [0.25, 0.3) is 5.91 Å². The van der Waals surface area contributed by atoms with E-state index in [4.69, 9.17) is 4.74 Å². The van der Waals surface area contributed by atoms with Crippen molar-refractivity contribution >= 4 is 17.9 Å². The number of fused-ring (bicyclic) bond motifs is 1. The number of rotatable bonds is 4. The van der Waals surface area contributed by atoms with Crippen molar-refractivity contribution in [2.24, 2.45) is 0 Å². The summed E-state index contributed by atoms with van der Waals surface area (Å²) in [6.45, 7) is 6.85. The van der Waals surface area contributed by atoms with Gasteiger partial charge >= 0.3 is 12.0 Å². The molecule has 0 aliphatic heterocycles. The van der Waals surface area contributed by atoms with E-state index in [2.05, 4.69) is 16.7 Å². The molecule has 0 aromatic heterocycles. The van der Waals surface area contributed by atoms with Gasteiger partial charge in [-0.05, 0) is 63.6 Å². The first kappa shape index (κ1) is 19.0. The fraction of sp³-hybridized carbons (Fsp3) is 0.526. The molecule has 0 spiro atoms. The van der Waals surface area contributed by atoms with Crippen LogP contribution in [0.4, 0.5) is 4.79 Å². The molecule has 1 aliphatic carbocycles. The number of amides is 3. The zero-order chi connectivity index (χ0) is 18.6. The molecule has 2 N–H and O–H groups in total. The molecular weight excluding hydrogens is 320 g/mol. The van der Waals surface area contributed by atoms with Crippen LogP contribution >= 0.6 is 0 Å². The molecule has 1 aromatic carbocycles. The molecule has 1 atom stereocenters. The molecule has 0 radical (unpaired) electrons. The second-order valence-electron chi connectivity index (χ2n) is 7.46. The number of aryl methyl sites for hydroxylation is 2. The lowest BCUT2D eigenvalue weighted by molar-refractivity contribution is -0.153. The number of hydrogen-bond donors (Lipinski definition) is 2. The van der Waals surface area contributed by atoms with E-state index < -0.39 is 29.6 Å². The minimum absolute atomic E-state index is 0.110. The summed E-state index contributed by atoms with van der Waals surface area (Å²) in [6.07, 6.45) is 2.36. The van der Waals surface area contributed by atoms with Crippen molar-refractivity contribution < 1.29 is 19.1 Å². The molecule has 0 fully saturated rings. The number of ether oxygens (including phenoxy) is 1. The Balaban J connectivity index is 1.83. The van der Waals surface area contributed by atoms with Crippen LogP contribution < -0.4 is 10.6 Å². The first-order chi connectivity index (χ1) is 11.6. The molecule has 3 amide bonds. The van der Waals surface area contributed by atoms with Crippen molar-refractivity contribution in [2.45, 2.75) is 65.0 Å². The van der Waals surface area contributed by atoms with Crippen LogP contribution in [0.3, 0.4) is 0 Å². The quantitative estimate of drug-likeness (QED) is 0.819. The maximum absolute atomic E-state index is 12.0. The molecule has 0 heterocycles. The van der Waals surface area contributed by atoms with Gasteiger partial charge in [-0.2, -0.15) is 0 Å². The Hall–Kier alpha value is -2.37. The van der Waals surface area contributed by atoms with Gasteiger partial charge in [0.1, 0.15) is 0 Å². The maximum Gasteiger partial charge on any atom is 0.321 e. The summed E-state index contributed by atoms with van der Waals surface area (Å²) in [7, 11) is 0. The van der Waals surface area contributed by atoms with Crippen molar-refractivity contribution in [1.82, 2.24) is 10.6 Å². The van der Waals surface area contributed by atoms with E-state index in [-0.39, 0.29) is 6.42 Å². The smallest absolute Gasteiger partial charge is 0.321 e. The molecule has 6 nitrogen and oxygen atoms in total. The van der Waals surface area contributed by atoms with Crippen LogP contribution in [0, 0.1) is 0 Å². The van der Waals surface area contributed by atoms with E-state index in [9.17, 15) is 14.4 Å². The molecule has 1 aliphatic rings. The van der Waals surface area contributed by atoms with E-state index in [1.165, 1.54) is 18.1 Å². The number of nitrogens with one attached hydrogen (secondary N) is 2. The summed E-state index contributed by atoms with van der Waals surface area (Å²) >= 11 is 0. The van der Waals surface area contributed by atoms with Crippen LogP contribution in [0.2, 0.25) is 0 Å². The Morgan fingerprint density at radius 3 is 2.52 bits per heavy atom. The van der Waals surface area contributed by atoms with E-state index in [1.54, 1.807) is 20.8 Å². The normalized spacial score (nSPS) is 14.4. The standard InChI is InChI=1S/C19H26N2O4/c1-12(17(23)20-18(24)21-19(2,3)4)25-16(22)11-13-8-9-14-6-5-7-15(14)10-13/h8-10,12H,5-7,11H2,1-4H3,(H2,20,21,23,24)/t12-/m0/s1. The maximum atomic E-state index is 12.0. The molecule has 25 heavy (non-hydrogen) atoms. The molecule has 0 unspecified atom stereocenters. The Labute approximate surface area is 148 Å². The van der Waals surface area contributed by atoms with Gasteiger partial charge in [-0.15, -0.1) is 0 Å². The Morgan fingerprint density at radius 2 is 1.84 bits per heavy atom. The van der Waals surface area contributed by atoms with Crippen molar-refractivity contribution in [3.8, 4) is 0 Å². The van der Waals surface area contributed by atoms with Crippen LogP contribution in [0.25, 0.3) is 0 Å². The fourth-order valence-electron chi connectivity index (χ4n) is 2.78. The summed E-state index contributed by atoms with van der Waals surface area (Å²) in [4.78, 5) is 35.6. The van der Waals surface area contributed by atoms with Gasteiger partial charge in [-0.3, -0.25) is 14.9 Å². The number of carbonyl (C=O) groups is 3. The summed E-state index contributed by atoms with van der Waals surface area (Å²) < 4.78 is 5.14. The van der Waals surface area contributed by atoms with E-state index >= 15 is 0 Å². The molecular formula is C19H26N2O4. The van der Waals surface area contributed by atoms with Crippen molar-refractivity contribution in [3.63, 3.8) is 0 Å². The summed E-state index contributed by atoms with van der Waals surface area (Å²) in [6, 6.07) is 5.40. The topological polar surface area (TPSA) is 84.5 Å². The number of urea groups is 1. The van der Waals surface area contributed by atoms with Gasteiger partial charge < -0.3 is 10.1 Å². The molecule has 136 valence electrons. The molecule has 6 heteroatoms. The van der Waals surface area contributed by atoms with Crippen LogP contribution in [0.1, 0.15) is 50.8 Å². The summed E-state index contributed by atoms with van der Waals surface area (Å²) in [5.41, 5.74) is 3.05. The lowest BCUT2D eigenvalue weighted by Gasteiger charge is -2.21. The number of carbonyl (C=O) groups excluding carboxylic acids is 3. The lowest BCUT2D eigenvalue weighted by atomic mass is 10.0. The van der Waals surface area contributed by atoms with Gasteiger partial charge in [0.15, 0.2) is 6.10 Å². The van der Waals surface area contributed by atoms with E-state index in [0.717, 1.165) is 24.8 Å². The fourth-order valence-corrected chi connectivity index (χ4v) is 2.78. The van der Waals surface area contributed by atoms with Crippen molar-refractivity contribution in [1.29, 1.82) is 0 Å². The Morgan fingerprint density at radius 1 is 1.16 bits per heavy atom. The predicted octanol–water partition coefficient (Wildman–Crippen LogP) is 2.27. The zero-order valence-corrected chi connectivity index (χ0v) is 15.3. The monoisotopic (exact) mass is 346 g/mol. The molecule has 2 rings (SSSR count). The van der Waals surface area contributed by atoms with Gasteiger partial charge in [0.2, 0.25) is 0 Å². The zero-order valence-electron chi connectivity index (χ0n) is 15.3. The SMILES string of the molecule is C[C@H](OC(=O)Cc1ccc2c(c1)CCC2)C(=O)NC(=O)NC(C)(C)C. The van der Waals surface area contributed by atoms with E-state index in [0.29, 0.717) is 0 Å². The van der Waals surface area contributed by atoms with Gasteiger partial charge in [0, 0.05) is 5.54 Å². The molecule has 0 bridgehead atoms. The third kappa shape index (κ3) is 5.89. The Kier molecular flexibility index (Phi) is 5.82. The summed E-state index contributed by atoms with van der Waals surface area (Å²) in [5, 5.41) is 4.78. The molecule has 0 saturated heterocycles. The van der Waals surface area contributed by atoms with Gasteiger partial charge in [-0.25, -0.2) is 4.79 Å². The minimum atomic E-state index is -1.03. The number of benzene rings is 1. The van der Waals surface area contributed by atoms with Crippen molar-refractivity contribution in [3.05, 3.63) is 34.9 Å². The average molecular weight is 346 g/mol. The summed E-state index contributed by atoms with van der Waals surface area (Å²) in [5.74, 6) is -1.14. The highest BCUT2D eigenvalue weighted by Gasteiger charge is 2.22. The second kappa shape index (κ2) is 7.68. The predicted molar refractivity (Wildman–Crippen MR) is 94.2 cm³/mol. The number of hydrogen-bond acceptors (Lipinski definition) is 4.